The quantitative estimate of drug-likeness (QED) is 0.786. The van der Waals surface area contributed by atoms with Crippen molar-refractivity contribution in [2.75, 3.05) is 6.54 Å². The summed E-state index contributed by atoms with van der Waals surface area (Å²) in [6, 6.07) is 0. The number of halogens is 1. The molecule has 4 heteroatoms. The normalized spacial score (nSPS) is 14.6. The molecule has 0 aromatic carbocycles. The summed E-state index contributed by atoms with van der Waals surface area (Å²) < 4.78 is 2.03. The molecule has 1 aromatic rings. The molecule has 0 aliphatic heterocycles. The van der Waals surface area contributed by atoms with E-state index in [4.69, 9.17) is 17.3 Å². The van der Waals surface area contributed by atoms with E-state index in [1.165, 1.54) is 19.3 Å². The third-order valence-electron chi connectivity index (χ3n) is 4.24. The van der Waals surface area contributed by atoms with Gasteiger partial charge in [0.2, 0.25) is 0 Å². The van der Waals surface area contributed by atoms with Gasteiger partial charge in [0, 0.05) is 6.54 Å². The summed E-state index contributed by atoms with van der Waals surface area (Å²) in [4.78, 5) is 0. The molecule has 0 radical (unpaired) electrons. The average molecular weight is 286 g/mol. The number of rotatable bonds is 8. The minimum absolute atomic E-state index is 0.166. The molecule has 1 aromatic heterocycles. The lowest BCUT2D eigenvalue weighted by Gasteiger charge is -2.32. The van der Waals surface area contributed by atoms with Gasteiger partial charge >= 0.3 is 0 Å². The van der Waals surface area contributed by atoms with Gasteiger partial charge in [-0.15, -0.1) is 0 Å². The van der Waals surface area contributed by atoms with Crippen LogP contribution in [0.2, 0.25) is 5.02 Å². The molecule has 110 valence electrons. The molecule has 3 nitrogen and oxygen atoms in total. The summed E-state index contributed by atoms with van der Waals surface area (Å²) in [7, 11) is 0. The Morgan fingerprint density at radius 1 is 1.32 bits per heavy atom. The zero-order chi connectivity index (χ0) is 14.5. The second-order valence-corrected chi connectivity index (χ2v) is 5.88. The first-order chi connectivity index (χ1) is 9.03. The largest absolute Gasteiger partial charge is 0.330 e. The zero-order valence-corrected chi connectivity index (χ0v) is 13.6. The van der Waals surface area contributed by atoms with Gasteiger partial charge in [0.05, 0.1) is 16.4 Å². The summed E-state index contributed by atoms with van der Waals surface area (Å²) in [5.41, 5.74) is 8.33. The molecule has 0 saturated carbocycles. The summed E-state index contributed by atoms with van der Waals surface area (Å²) in [6.45, 7) is 10.1. The second-order valence-electron chi connectivity index (χ2n) is 5.50. The average Bonchev–Trinajstić information content (AvgIpc) is 2.70. The van der Waals surface area contributed by atoms with E-state index in [1.54, 1.807) is 0 Å². The standard InChI is InChI=1S/C15H28ClN3/c1-5-8-9-15(6-2,11-17)10-13-14(16)12(4)18-19(13)7-3/h5-11,17H2,1-4H3. The third kappa shape index (κ3) is 3.73. The number of aryl methyl sites for hydroxylation is 2. The lowest BCUT2D eigenvalue weighted by molar-refractivity contribution is 0.245. The van der Waals surface area contributed by atoms with E-state index >= 15 is 0 Å². The van der Waals surface area contributed by atoms with Crippen LogP contribution in [0, 0.1) is 12.3 Å². The molecule has 1 rings (SSSR count). The molecule has 0 aliphatic carbocycles. The summed E-state index contributed by atoms with van der Waals surface area (Å²) >= 11 is 6.42. The van der Waals surface area contributed by atoms with Gasteiger partial charge in [-0.1, -0.05) is 38.3 Å². The maximum absolute atomic E-state index is 6.42. The van der Waals surface area contributed by atoms with Gasteiger partial charge in [-0.05, 0) is 45.1 Å². The number of nitrogens with zero attached hydrogens (tertiary/aromatic N) is 2. The van der Waals surface area contributed by atoms with Crippen molar-refractivity contribution in [1.82, 2.24) is 9.78 Å². The highest BCUT2D eigenvalue weighted by molar-refractivity contribution is 6.31. The van der Waals surface area contributed by atoms with Crippen molar-refractivity contribution >= 4 is 11.6 Å². The second kappa shape index (κ2) is 7.30. The van der Waals surface area contributed by atoms with Gasteiger partial charge in [0.1, 0.15) is 0 Å². The fourth-order valence-corrected chi connectivity index (χ4v) is 2.86. The Balaban J connectivity index is 3.02. The number of unbranched alkanes of at least 4 members (excludes halogenated alkanes) is 1. The van der Waals surface area contributed by atoms with Crippen molar-refractivity contribution in [3.63, 3.8) is 0 Å². The van der Waals surface area contributed by atoms with Crippen LogP contribution in [0.1, 0.15) is 57.8 Å². The number of aromatic nitrogens is 2. The van der Waals surface area contributed by atoms with Gasteiger partial charge < -0.3 is 5.73 Å². The molecule has 1 atom stereocenters. The van der Waals surface area contributed by atoms with Gasteiger partial charge in [0.25, 0.3) is 0 Å². The molecule has 0 bridgehead atoms. The molecule has 19 heavy (non-hydrogen) atoms. The molecule has 2 N–H and O–H groups in total. The Morgan fingerprint density at radius 2 is 2.00 bits per heavy atom. The van der Waals surface area contributed by atoms with Crippen LogP contribution >= 0.6 is 11.6 Å². The monoisotopic (exact) mass is 285 g/mol. The smallest absolute Gasteiger partial charge is 0.0847 e. The van der Waals surface area contributed by atoms with Crippen LogP contribution in [-0.2, 0) is 13.0 Å². The predicted molar refractivity (Wildman–Crippen MR) is 82.7 cm³/mol. The summed E-state index contributed by atoms with van der Waals surface area (Å²) in [6.07, 6.45) is 5.63. The summed E-state index contributed by atoms with van der Waals surface area (Å²) in [5, 5.41) is 5.33. The van der Waals surface area contributed by atoms with Gasteiger partial charge in [-0.2, -0.15) is 5.10 Å². The third-order valence-corrected chi connectivity index (χ3v) is 4.73. The van der Waals surface area contributed by atoms with E-state index in [-0.39, 0.29) is 5.41 Å². The molecule has 0 amide bonds. The fraction of sp³-hybridized carbons (Fsp3) is 0.800. The van der Waals surface area contributed by atoms with Crippen LogP contribution in [0.3, 0.4) is 0 Å². The molecule has 0 fully saturated rings. The van der Waals surface area contributed by atoms with E-state index < -0.39 is 0 Å². The predicted octanol–water partition coefficient (Wildman–Crippen LogP) is 3.95. The molecule has 0 spiro atoms. The SMILES string of the molecule is CCCCC(CC)(CN)Cc1c(Cl)c(C)nn1CC. The van der Waals surface area contributed by atoms with Crippen molar-refractivity contribution in [1.29, 1.82) is 0 Å². The molecule has 1 unspecified atom stereocenters. The van der Waals surface area contributed by atoms with E-state index in [0.29, 0.717) is 6.54 Å². The molecule has 0 saturated heterocycles. The van der Waals surface area contributed by atoms with Crippen LogP contribution in [0.5, 0.6) is 0 Å². The Kier molecular flexibility index (Phi) is 6.34. The van der Waals surface area contributed by atoms with Crippen LogP contribution < -0.4 is 5.73 Å². The van der Waals surface area contributed by atoms with E-state index in [0.717, 1.165) is 35.8 Å². The van der Waals surface area contributed by atoms with Crippen LogP contribution in [0.25, 0.3) is 0 Å². The number of nitrogens with two attached hydrogens (primary N) is 1. The molecular weight excluding hydrogens is 258 g/mol. The maximum Gasteiger partial charge on any atom is 0.0847 e. The topological polar surface area (TPSA) is 43.8 Å². The van der Waals surface area contributed by atoms with Crippen molar-refractivity contribution < 1.29 is 0 Å². The molecular formula is C15H28ClN3. The maximum atomic E-state index is 6.42. The number of hydrogen-bond acceptors (Lipinski definition) is 2. The first-order valence-electron chi connectivity index (χ1n) is 7.45. The number of hydrogen-bond donors (Lipinski definition) is 1. The Bertz CT molecular complexity index is 394. The van der Waals surface area contributed by atoms with Gasteiger partial charge in [0.15, 0.2) is 0 Å². The first-order valence-corrected chi connectivity index (χ1v) is 7.83. The van der Waals surface area contributed by atoms with Crippen LogP contribution in [0.15, 0.2) is 0 Å². The fourth-order valence-electron chi connectivity index (χ4n) is 2.65. The minimum Gasteiger partial charge on any atom is -0.330 e. The molecule has 1 heterocycles. The van der Waals surface area contributed by atoms with E-state index in [1.807, 2.05) is 11.6 Å². The lowest BCUT2D eigenvalue weighted by Crippen LogP contribution is -2.33. The van der Waals surface area contributed by atoms with Gasteiger partial charge in [-0.25, -0.2) is 0 Å². The van der Waals surface area contributed by atoms with Gasteiger partial charge in [-0.3, -0.25) is 4.68 Å². The lowest BCUT2D eigenvalue weighted by atomic mass is 9.76. The van der Waals surface area contributed by atoms with Crippen molar-refractivity contribution in [2.45, 2.75) is 66.3 Å². The zero-order valence-electron chi connectivity index (χ0n) is 12.8. The summed E-state index contributed by atoms with van der Waals surface area (Å²) in [5.74, 6) is 0. The Labute approximate surface area is 122 Å². The van der Waals surface area contributed by atoms with Crippen LogP contribution in [0.4, 0.5) is 0 Å². The minimum atomic E-state index is 0.166. The van der Waals surface area contributed by atoms with E-state index in [2.05, 4.69) is 25.9 Å². The highest BCUT2D eigenvalue weighted by Crippen LogP contribution is 2.35. The highest BCUT2D eigenvalue weighted by atomic mass is 35.5. The van der Waals surface area contributed by atoms with Crippen molar-refractivity contribution in [3.8, 4) is 0 Å². The van der Waals surface area contributed by atoms with Crippen molar-refractivity contribution in [3.05, 3.63) is 16.4 Å². The Hall–Kier alpha value is -0.540. The Morgan fingerprint density at radius 3 is 2.47 bits per heavy atom. The van der Waals surface area contributed by atoms with E-state index in [9.17, 15) is 0 Å². The highest BCUT2D eigenvalue weighted by Gasteiger charge is 2.29. The first kappa shape index (κ1) is 16.5. The van der Waals surface area contributed by atoms with Crippen molar-refractivity contribution in [2.24, 2.45) is 11.1 Å². The van der Waals surface area contributed by atoms with Crippen LogP contribution in [-0.4, -0.2) is 16.3 Å². The molecule has 0 aliphatic rings.